The van der Waals surface area contributed by atoms with E-state index in [2.05, 4.69) is 24.5 Å². The van der Waals surface area contributed by atoms with E-state index in [1.54, 1.807) is 19.1 Å². The van der Waals surface area contributed by atoms with Crippen molar-refractivity contribution >= 4 is 24.3 Å². The van der Waals surface area contributed by atoms with Gasteiger partial charge < -0.3 is 15.0 Å². The van der Waals surface area contributed by atoms with Gasteiger partial charge in [0.15, 0.2) is 0 Å². The topological polar surface area (TPSA) is 90.9 Å². The maximum Gasteiger partial charge on any atom is 0.417 e. The number of amides is 2. The monoisotopic (exact) mass is 439 g/mol. The zero-order valence-corrected chi connectivity index (χ0v) is 20.1. The summed E-state index contributed by atoms with van der Waals surface area (Å²) in [6.07, 6.45) is 4.76. The highest BCUT2D eigenvalue weighted by molar-refractivity contribution is 6.64. The molecule has 0 saturated carbocycles. The Hall–Kier alpha value is -2.58. The molecule has 0 aromatic heterocycles. The molecule has 1 heterocycles. The Morgan fingerprint density at radius 3 is 2.56 bits per heavy atom. The Morgan fingerprint density at radius 1 is 1.25 bits per heavy atom. The highest BCUT2D eigenvalue weighted by Crippen LogP contribution is 2.34. The van der Waals surface area contributed by atoms with E-state index in [-0.39, 0.29) is 11.3 Å². The zero-order valence-electron chi connectivity index (χ0n) is 20.1. The van der Waals surface area contributed by atoms with E-state index in [4.69, 9.17) is 4.74 Å². The SMILES string of the molecule is CC1=CC(C(=O)N(NC(=O)c2ccc3c(c2C)OCCNB3O)C(C)(C)C)=CC(C)(C)C1. The molecule has 0 fully saturated rings. The van der Waals surface area contributed by atoms with Crippen LogP contribution in [0.3, 0.4) is 0 Å². The highest BCUT2D eigenvalue weighted by atomic mass is 16.5. The highest BCUT2D eigenvalue weighted by Gasteiger charge is 2.34. The van der Waals surface area contributed by atoms with Crippen molar-refractivity contribution in [3.8, 4) is 5.75 Å². The number of hydrogen-bond acceptors (Lipinski definition) is 5. The Bertz CT molecular complexity index is 992. The Morgan fingerprint density at radius 2 is 1.94 bits per heavy atom. The lowest BCUT2D eigenvalue weighted by Gasteiger charge is -2.37. The number of ether oxygens (including phenoxy) is 1. The van der Waals surface area contributed by atoms with E-state index in [1.807, 2.05) is 39.8 Å². The summed E-state index contributed by atoms with van der Waals surface area (Å²) in [6, 6.07) is 3.34. The molecule has 2 amide bonds. The first kappa shape index (κ1) is 24.1. The van der Waals surface area contributed by atoms with Gasteiger partial charge in [-0.2, -0.15) is 0 Å². The molecule has 2 aliphatic rings. The minimum absolute atomic E-state index is 0.128. The van der Waals surface area contributed by atoms with Crippen molar-refractivity contribution in [3.63, 3.8) is 0 Å². The summed E-state index contributed by atoms with van der Waals surface area (Å²) in [5.74, 6) is -0.152. The third-order valence-corrected chi connectivity index (χ3v) is 5.68. The Balaban J connectivity index is 1.92. The molecule has 8 heteroatoms. The van der Waals surface area contributed by atoms with Gasteiger partial charge in [0.1, 0.15) is 5.75 Å². The summed E-state index contributed by atoms with van der Waals surface area (Å²) in [5, 5.41) is 14.6. The molecule has 1 aromatic rings. The molecule has 7 nitrogen and oxygen atoms in total. The number of hydrazine groups is 1. The lowest BCUT2D eigenvalue weighted by atomic mass is 9.72. The third-order valence-electron chi connectivity index (χ3n) is 5.68. The molecule has 0 radical (unpaired) electrons. The van der Waals surface area contributed by atoms with Crippen LogP contribution in [0.15, 0.2) is 35.4 Å². The molecular formula is C24H34BN3O4. The van der Waals surface area contributed by atoms with Gasteiger partial charge in [-0.25, -0.2) is 5.01 Å². The number of nitrogens with zero attached hydrogens (tertiary/aromatic N) is 1. The quantitative estimate of drug-likeness (QED) is 0.486. The first-order valence-electron chi connectivity index (χ1n) is 11.0. The van der Waals surface area contributed by atoms with Crippen molar-refractivity contribution in [2.24, 2.45) is 5.41 Å². The van der Waals surface area contributed by atoms with Crippen LogP contribution in [0, 0.1) is 12.3 Å². The maximum atomic E-state index is 13.5. The lowest BCUT2D eigenvalue weighted by Crippen LogP contribution is -2.56. The summed E-state index contributed by atoms with van der Waals surface area (Å²) >= 11 is 0. The van der Waals surface area contributed by atoms with E-state index in [1.165, 1.54) is 5.01 Å². The van der Waals surface area contributed by atoms with E-state index in [0.717, 1.165) is 12.0 Å². The predicted molar refractivity (Wildman–Crippen MR) is 127 cm³/mol. The van der Waals surface area contributed by atoms with Crippen LogP contribution in [0.25, 0.3) is 0 Å². The summed E-state index contributed by atoms with van der Waals surface area (Å²) in [6.45, 7) is 14.5. The second kappa shape index (κ2) is 8.75. The van der Waals surface area contributed by atoms with E-state index >= 15 is 0 Å². The molecule has 0 bridgehead atoms. The molecule has 3 N–H and O–H groups in total. The van der Waals surface area contributed by atoms with E-state index in [9.17, 15) is 14.6 Å². The first-order valence-corrected chi connectivity index (χ1v) is 11.0. The molecule has 0 unspecified atom stereocenters. The molecule has 0 atom stereocenters. The first-order chi connectivity index (χ1) is 14.8. The van der Waals surface area contributed by atoms with E-state index < -0.39 is 18.5 Å². The summed E-state index contributed by atoms with van der Waals surface area (Å²) < 4.78 is 5.79. The van der Waals surface area contributed by atoms with Gasteiger partial charge in [-0.05, 0) is 52.5 Å². The fraction of sp³-hybridized carbons (Fsp3) is 0.500. The van der Waals surface area contributed by atoms with Crippen LogP contribution in [-0.2, 0) is 4.79 Å². The van der Waals surface area contributed by atoms with Crippen molar-refractivity contribution in [2.75, 3.05) is 13.2 Å². The van der Waals surface area contributed by atoms with Crippen LogP contribution in [0.4, 0.5) is 0 Å². The number of benzene rings is 1. The van der Waals surface area contributed by atoms with Crippen molar-refractivity contribution in [2.45, 2.75) is 60.4 Å². The second-order valence-corrected chi connectivity index (χ2v) is 10.4. The lowest BCUT2D eigenvalue weighted by molar-refractivity contribution is -0.134. The molecule has 1 aliphatic carbocycles. The third kappa shape index (κ3) is 5.08. The average molecular weight is 439 g/mol. The molecule has 172 valence electrons. The van der Waals surface area contributed by atoms with E-state index in [0.29, 0.717) is 41.1 Å². The fourth-order valence-corrected chi connectivity index (χ4v) is 4.31. The van der Waals surface area contributed by atoms with Gasteiger partial charge in [0.05, 0.1) is 12.1 Å². The number of allylic oxidation sites excluding steroid dienone is 2. The largest absolute Gasteiger partial charge is 0.492 e. The van der Waals surface area contributed by atoms with Crippen LogP contribution in [0.1, 0.15) is 63.9 Å². The van der Waals surface area contributed by atoms with Gasteiger partial charge in [0.2, 0.25) is 0 Å². The number of carbonyl (C=O) groups is 2. The minimum atomic E-state index is -0.854. The second-order valence-electron chi connectivity index (χ2n) is 10.4. The number of hydrogen-bond donors (Lipinski definition) is 3. The number of rotatable bonds is 2. The van der Waals surface area contributed by atoms with Gasteiger partial charge in [-0.3, -0.25) is 15.0 Å². The van der Waals surface area contributed by atoms with Gasteiger partial charge in [-0.1, -0.05) is 37.6 Å². The molecule has 3 rings (SSSR count). The van der Waals surface area contributed by atoms with Crippen molar-refractivity contribution < 1.29 is 19.3 Å². The van der Waals surface area contributed by atoms with Gasteiger partial charge >= 0.3 is 7.05 Å². The molecule has 0 spiro atoms. The zero-order chi connectivity index (χ0) is 23.8. The molecular weight excluding hydrogens is 405 g/mol. The standard InChI is InChI=1S/C24H34BN3O4/c1-15-12-17(14-24(6,7)13-15)22(30)28(23(3,4)5)27-21(29)18-8-9-19-20(16(18)2)32-11-10-26-25(19)31/h8-9,12,14,26,31H,10-11,13H2,1-7H3,(H,27,29). The maximum absolute atomic E-state index is 13.5. The summed E-state index contributed by atoms with van der Waals surface area (Å²) in [5.41, 5.74) is 5.37. The minimum Gasteiger partial charge on any atom is -0.492 e. The molecule has 32 heavy (non-hydrogen) atoms. The van der Waals surface area contributed by atoms with Crippen LogP contribution in [-0.4, -0.2) is 47.6 Å². The number of fused-ring (bicyclic) bond motifs is 1. The summed E-state index contributed by atoms with van der Waals surface area (Å²) in [7, 11) is -0.854. The van der Waals surface area contributed by atoms with Crippen LogP contribution in [0.5, 0.6) is 5.75 Å². The number of nitrogens with one attached hydrogen (secondary N) is 2. The van der Waals surface area contributed by atoms with Gasteiger partial charge in [-0.15, -0.1) is 0 Å². The van der Waals surface area contributed by atoms with Crippen molar-refractivity contribution in [1.29, 1.82) is 0 Å². The van der Waals surface area contributed by atoms with Gasteiger partial charge in [0.25, 0.3) is 11.8 Å². The van der Waals surface area contributed by atoms with Crippen LogP contribution >= 0.6 is 0 Å². The average Bonchev–Trinajstić information content (AvgIpc) is 2.85. The molecule has 1 aliphatic heterocycles. The normalized spacial score (nSPS) is 17.9. The summed E-state index contributed by atoms with van der Waals surface area (Å²) in [4.78, 5) is 26.8. The van der Waals surface area contributed by atoms with Crippen LogP contribution in [0.2, 0.25) is 0 Å². The smallest absolute Gasteiger partial charge is 0.417 e. The molecule has 1 aromatic carbocycles. The fourth-order valence-electron chi connectivity index (χ4n) is 4.31. The predicted octanol–water partition coefficient (Wildman–Crippen LogP) is 2.24. The Kier molecular flexibility index (Phi) is 6.58. The molecule has 0 saturated heterocycles. The van der Waals surface area contributed by atoms with Crippen LogP contribution < -0.4 is 20.9 Å². The number of carbonyl (C=O) groups excluding carboxylic acids is 2. The Labute approximate surface area is 191 Å². The van der Waals surface area contributed by atoms with Crippen molar-refractivity contribution in [1.82, 2.24) is 15.7 Å². The van der Waals surface area contributed by atoms with Crippen molar-refractivity contribution in [3.05, 3.63) is 46.6 Å². The van der Waals surface area contributed by atoms with Gasteiger partial charge in [0, 0.05) is 28.7 Å².